The fourth-order valence-corrected chi connectivity index (χ4v) is 5.13. The molecule has 2 aromatic heterocycles. The summed E-state index contributed by atoms with van der Waals surface area (Å²) in [5.41, 5.74) is 1.50. The lowest BCUT2D eigenvalue weighted by Gasteiger charge is -2.25. The maximum absolute atomic E-state index is 15.1. The molecule has 0 aliphatic carbocycles. The van der Waals surface area contributed by atoms with Gasteiger partial charge in [0.25, 0.3) is 0 Å². The van der Waals surface area contributed by atoms with Crippen molar-refractivity contribution in [1.82, 2.24) is 24.7 Å². The maximum Gasteiger partial charge on any atom is 0.163 e. The molecule has 2 atom stereocenters. The quantitative estimate of drug-likeness (QED) is 0.323. The van der Waals surface area contributed by atoms with Crippen molar-refractivity contribution in [1.29, 1.82) is 0 Å². The van der Waals surface area contributed by atoms with Crippen LogP contribution < -0.4 is 0 Å². The number of para-hydroxylation sites is 1. The van der Waals surface area contributed by atoms with E-state index in [4.69, 9.17) is 4.74 Å². The number of nitrogens with zero attached hydrogens (tertiary/aromatic N) is 5. The third-order valence-electron chi connectivity index (χ3n) is 5.63. The highest BCUT2D eigenvalue weighted by Gasteiger charge is 2.36. The molecular formula is C26H32FN5O3S. The van der Waals surface area contributed by atoms with Gasteiger partial charge in [-0.15, -0.1) is 16.8 Å². The van der Waals surface area contributed by atoms with Crippen LogP contribution in [0.5, 0.6) is 0 Å². The van der Waals surface area contributed by atoms with Crippen LogP contribution in [0.15, 0.2) is 49.8 Å². The second-order valence-electron chi connectivity index (χ2n) is 8.81. The predicted octanol–water partition coefficient (Wildman–Crippen LogP) is 4.74. The molecule has 0 aliphatic rings. The molecule has 0 saturated carbocycles. The molecule has 0 radical (unpaired) electrons. The minimum atomic E-state index is -3.88. The molecule has 1 aromatic carbocycles. The molecule has 0 spiro atoms. The molecule has 0 fully saturated rings. The molecule has 2 heterocycles. The van der Waals surface area contributed by atoms with Crippen LogP contribution in [0.25, 0.3) is 11.8 Å². The van der Waals surface area contributed by atoms with Crippen LogP contribution in [0.4, 0.5) is 4.39 Å². The van der Waals surface area contributed by atoms with E-state index in [1.165, 1.54) is 16.7 Å². The van der Waals surface area contributed by atoms with Crippen LogP contribution in [0.2, 0.25) is 0 Å². The van der Waals surface area contributed by atoms with E-state index in [2.05, 4.69) is 33.3 Å². The smallest absolute Gasteiger partial charge is 0.163 e. The fourth-order valence-electron chi connectivity index (χ4n) is 3.75. The summed E-state index contributed by atoms with van der Waals surface area (Å²) in [7, 11) is -3.88. The zero-order valence-corrected chi connectivity index (χ0v) is 21.9. The van der Waals surface area contributed by atoms with Crippen molar-refractivity contribution in [3.05, 3.63) is 84.2 Å². The molecule has 0 N–H and O–H groups in total. The second-order valence-corrected chi connectivity index (χ2v) is 11.2. The third kappa shape index (κ3) is 6.11. The largest absolute Gasteiger partial charge is 0.366 e. The Morgan fingerprint density at radius 3 is 2.39 bits per heavy atom. The van der Waals surface area contributed by atoms with E-state index in [1.807, 2.05) is 20.8 Å². The molecule has 10 heteroatoms. The number of ether oxygens (including phenoxy) is 1. The van der Waals surface area contributed by atoms with Crippen molar-refractivity contribution in [2.45, 2.75) is 63.7 Å². The van der Waals surface area contributed by atoms with Gasteiger partial charge in [-0.1, -0.05) is 30.9 Å². The Kier molecular flexibility index (Phi) is 8.86. The van der Waals surface area contributed by atoms with Gasteiger partial charge in [-0.3, -0.25) is 4.57 Å². The molecule has 0 bridgehead atoms. The number of sulfone groups is 1. The van der Waals surface area contributed by atoms with Gasteiger partial charge in [0.2, 0.25) is 0 Å². The van der Waals surface area contributed by atoms with E-state index >= 15 is 4.39 Å². The first-order chi connectivity index (χ1) is 17.1. The van der Waals surface area contributed by atoms with E-state index in [-0.39, 0.29) is 23.4 Å². The van der Waals surface area contributed by atoms with Crippen molar-refractivity contribution < 1.29 is 17.5 Å². The van der Waals surface area contributed by atoms with Crippen molar-refractivity contribution in [2.24, 2.45) is 0 Å². The van der Waals surface area contributed by atoms with Crippen molar-refractivity contribution in [2.75, 3.05) is 0 Å². The van der Waals surface area contributed by atoms with Gasteiger partial charge >= 0.3 is 0 Å². The van der Waals surface area contributed by atoms with Gasteiger partial charge in [0, 0.05) is 24.4 Å². The first kappa shape index (κ1) is 27.3. The van der Waals surface area contributed by atoms with E-state index in [9.17, 15) is 8.42 Å². The summed E-state index contributed by atoms with van der Waals surface area (Å²) in [5.74, 6) is -0.210. The molecule has 0 amide bonds. The number of hydrogen-bond acceptors (Lipinski definition) is 7. The lowest BCUT2D eigenvalue weighted by molar-refractivity contribution is 0.00141. The van der Waals surface area contributed by atoms with Crippen LogP contribution in [0, 0.1) is 12.7 Å². The van der Waals surface area contributed by atoms with Crippen molar-refractivity contribution in [3.63, 3.8) is 0 Å². The fraction of sp³-hybridized carbons (Fsp3) is 0.385. The highest BCUT2D eigenvalue weighted by Crippen LogP contribution is 2.29. The zero-order valence-electron chi connectivity index (χ0n) is 21.1. The molecule has 0 saturated heterocycles. The highest BCUT2D eigenvalue weighted by molar-refractivity contribution is 7.91. The van der Waals surface area contributed by atoms with Crippen LogP contribution in [-0.2, 0) is 26.7 Å². The molecule has 0 unspecified atom stereocenters. The number of aromatic nitrogens is 5. The van der Waals surface area contributed by atoms with E-state index in [0.717, 1.165) is 5.56 Å². The summed E-state index contributed by atoms with van der Waals surface area (Å²) in [4.78, 5) is 8.61. The zero-order chi connectivity index (χ0) is 26.5. The standard InChI is InChI=1S/C26H32FN5O3S/c1-7-9-13-22-30-31-23(32(22)24-20(8-2)11-10-12-21(24)27)16-36(33,34)19(6)25(35-17(3)4)26-28-14-18(5)15-29-26/h7-8,10-12,14-15,17,19,25H,1-2,9,13,16H2,3-6H3/t19-,25+/m0/s1. The average Bonchev–Trinajstić information content (AvgIpc) is 3.22. The van der Waals surface area contributed by atoms with Gasteiger partial charge in [0.15, 0.2) is 21.5 Å². The normalized spacial score (nSPS) is 13.5. The number of allylic oxidation sites excluding steroid dienone is 1. The SMILES string of the molecule is C=CCCc1nnc(CS(=O)(=O)[C@@H](C)[C@@H](OC(C)C)c2ncc(C)cn2)n1-c1c(F)cccc1C=C. The Hall–Kier alpha value is -3.24. The van der Waals surface area contributed by atoms with Gasteiger partial charge in [0.1, 0.15) is 23.5 Å². The van der Waals surface area contributed by atoms with E-state index in [1.54, 1.807) is 37.5 Å². The molecular weight excluding hydrogens is 481 g/mol. The Morgan fingerprint density at radius 2 is 1.78 bits per heavy atom. The minimum Gasteiger partial charge on any atom is -0.366 e. The Morgan fingerprint density at radius 1 is 1.11 bits per heavy atom. The van der Waals surface area contributed by atoms with Crippen LogP contribution in [-0.4, -0.2) is 44.5 Å². The van der Waals surface area contributed by atoms with Crippen LogP contribution >= 0.6 is 0 Å². The van der Waals surface area contributed by atoms with Gasteiger partial charge in [-0.2, -0.15) is 0 Å². The van der Waals surface area contributed by atoms with Gasteiger partial charge in [-0.25, -0.2) is 22.8 Å². The summed E-state index contributed by atoms with van der Waals surface area (Å²) in [6.07, 6.45) is 6.28. The lowest BCUT2D eigenvalue weighted by Crippen LogP contribution is -2.32. The predicted molar refractivity (Wildman–Crippen MR) is 138 cm³/mol. The van der Waals surface area contributed by atoms with Gasteiger partial charge in [-0.05, 0) is 45.7 Å². The molecule has 3 aromatic rings. The monoisotopic (exact) mass is 513 g/mol. The van der Waals surface area contributed by atoms with E-state index in [0.29, 0.717) is 24.2 Å². The average molecular weight is 514 g/mol. The summed E-state index contributed by atoms with van der Waals surface area (Å²) in [6, 6.07) is 4.57. The molecule has 0 aliphatic heterocycles. The number of halogens is 1. The lowest BCUT2D eigenvalue weighted by atomic mass is 10.1. The highest BCUT2D eigenvalue weighted by atomic mass is 32.2. The third-order valence-corrected chi connectivity index (χ3v) is 7.67. The second kappa shape index (κ2) is 11.7. The van der Waals surface area contributed by atoms with Gasteiger partial charge < -0.3 is 4.74 Å². The summed E-state index contributed by atoms with van der Waals surface area (Å²) < 4.78 is 49.8. The number of hydrogen-bond donors (Lipinski definition) is 0. The first-order valence-electron chi connectivity index (χ1n) is 11.7. The number of rotatable bonds is 12. The molecule has 36 heavy (non-hydrogen) atoms. The number of aryl methyl sites for hydroxylation is 2. The Bertz CT molecular complexity index is 1320. The summed E-state index contributed by atoms with van der Waals surface area (Å²) in [5, 5.41) is 7.35. The topological polar surface area (TPSA) is 99.9 Å². The first-order valence-corrected chi connectivity index (χ1v) is 13.4. The molecule has 192 valence electrons. The maximum atomic E-state index is 15.1. The Labute approximate surface area is 211 Å². The van der Waals surface area contributed by atoms with Crippen LogP contribution in [0.1, 0.15) is 61.9 Å². The Balaban J connectivity index is 2.06. The molecule has 3 rings (SSSR count). The molecule has 8 nitrogen and oxygen atoms in total. The summed E-state index contributed by atoms with van der Waals surface area (Å²) in [6.45, 7) is 14.5. The van der Waals surface area contributed by atoms with E-state index < -0.39 is 32.8 Å². The minimum absolute atomic E-state index is 0.0993. The van der Waals surface area contributed by atoms with Crippen LogP contribution in [0.3, 0.4) is 0 Å². The van der Waals surface area contributed by atoms with Gasteiger partial charge in [0.05, 0.1) is 17.0 Å². The van der Waals surface area contributed by atoms with Crippen molar-refractivity contribution >= 4 is 15.9 Å². The summed E-state index contributed by atoms with van der Waals surface area (Å²) >= 11 is 0. The van der Waals surface area contributed by atoms with Crippen molar-refractivity contribution in [3.8, 4) is 5.69 Å². The number of benzene rings is 1.